The number of aromatic hydroxyl groups is 1. The van der Waals surface area contributed by atoms with Crippen molar-refractivity contribution in [3.8, 4) is 11.5 Å². The van der Waals surface area contributed by atoms with Crippen molar-refractivity contribution < 1.29 is 14.6 Å². The largest absolute Gasteiger partial charge is 0.504 e. The first kappa shape index (κ1) is 18.2. The number of carbonyl (C=O) groups excluding carboxylic acids is 1. The fourth-order valence-electron chi connectivity index (χ4n) is 2.16. The zero-order valence-corrected chi connectivity index (χ0v) is 15.6. The van der Waals surface area contributed by atoms with Crippen molar-refractivity contribution in [1.82, 2.24) is 10.4 Å². The Morgan fingerprint density at radius 2 is 2.19 bits per heavy atom. The van der Waals surface area contributed by atoms with Gasteiger partial charge in [0.05, 0.1) is 28.8 Å². The monoisotopic (exact) mass is 387 g/mol. The number of benzene rings is 2. The number of thiazole rings is 1. The summed E-state index contributed by atoms with van der Waals surface area (Å²) in [6.07, 6.45) is 1.39. The maximum Gasteiger partial charge on any atom is 0.250 e. The average molecular weight is 387 g/mol. The van der Waals surface area contributed by atoms with Gasteiger partial charge in [0, 0.05) is 5.56 Å². The van der Waals surface area contributed by atoms with Crippen LogP contribution in [0.5, 0.6) is 11.5 Å². The minimum atomic E-state index is -0.244. The van der Waals surface area contributed by atoms with Gasteiger partial charge >= 0.3 is 0 Å². The Bertz CT molecular complexity index is 907. The molecule has 0 bridgehead atoms. The maximum absolute atomic E-state index is 11.9. The topological polar surface area (TPSA) is 83.8 Å². The summed E-state index contributed by atoms with van der Waals surface area (Å²) in [5.41, 5.74) is 3.85. The number of fused-ring (bicyclic) bond motifs is 1. The zero-order valence-electron chi connectivity index (χ0n) is 14.0. The van der Waals surface area contributed by atoms with E-state index >= 15 is 0 Å². The molecule has 1 heterocycles. The number of aromatic nitrogens is 1. The second kappa shape index (κ2) is 8.68. The lowest BCUT2D eigenvalue weighted by atomic mass is 10.2. The fourth-order valence-corrected chi connectivity index (χ4v) is 4.02. The van der Waals surface area contributed by atoms with Crippen LogP contribution in [-0.2, 0) is 4.79 Å². The molecule has 134 valence electrons. The Morgan fingerprint density at radius 1 is 1.35 bits per heavy atom. The van der Waals surface area contributed by atoms with Gasteiger partial charge in [0.25, 0.3) is 5.91 Å². The van der Waals surface area contributed by atoms with Crippen molar-refractivity contribution in [3.05, 3.63) is 48.0 Å². The molecule has 1 aromatic heterocycles. The van der Waals surface area contributed by atoms with Gasteiger partial charge in [0.15, 0.2) is 15.8 Å². The second-order valence-electron chi connectivity index (χ2n) is 5.16. The second-order valence-corrected chi connectivity index (χ2v) is 7.41. The van der Waals surface area contributed by atoms with Crippen molar-refractivity contribution in [2.75, 3.05) is 12.4 Å². The van der Waals surface area contributed by atoms with E-state index in [9.17, 15) is 9.90 Å². The van der Waals surface area contributed by atoms with Crippen LogP contribution in [0.15, 0.2) is 51.9 Å². The van der Waals surface area contributed by atoms with Crippen molar-refractivity contribution in [2.45, 2.75) is 11.3 Å². The number of thioether (sulfide) groups is 1. The van der Waals surface area contributed by atoms with Gasteiger partial charge < -0.3 is 9.84 Å². The third kappa shape index (κ3) is 4.53. The fraction of sp³-hybridized carbons (Fsp3) is 0.167. The number of amides is 1. The molecule has 0 atom stereocenters. The van der Waals surface area contributed by atoms with Crippen LogP contribution in [0.2, 0.25) is 0 Å². The summed E-state index contributed by atoms with van der Waals surface area (Å²) in [7, 11) is 0. The number of para-hydroxylation sites is 2. The average Bonchev–Trinajstić information content (AvgIpc) is 3.06. The first-order valence-electron chi connectivity index (χ1n) is 7.92. The molecule has 0 saturated carbocycles. The minimum Gasteiger partial charge on any atom is -0.504 e. The van der Waals surface area contributed by atoms with Gasteiger partial charge in [-0.1, -0.05) is 30.0 Å². The van der Waals surface area contributed by atoms with E-state index in [1.807, 2.05) is 31.2 Å². The SMILES string of the molecule is CCOc1cccc(C=NNC(=O)CSc2nc3ccccc3s2)c1O. The smallest absolute Gasteiger partial charge is 0.250 e. The molecule has 26 heavy (non-hydrogen) atoms. The Kier molecular flexibility index (Phi) is 6.08. The Labute approximate surface area is 158 Å². The molecule has 0 unspecified atom stereocenters. The molecule has 2 aromatic carbocycles. The molecule has 0 radical (unpaired) electrons. The lowest BCUT2D eigenvalue weighted by Crippen LogP contribution is -2.19. The summed E-state index contributed by atoms with van der Waals surface area (Å²) < 4.78 is 7.24. The van der Waals surface area contributed by atoms with Crippen LogP contribution in [0.25, 0.3) is 10.2 Å². The Balaban J connectivity index is 1.54. The number of carbonyl (C=O) groups is 1. The van der Waals surface area contributed by atoms with Crippen LogP contribution in [-0.4, -0.2) is 34.6 Å². The lowest BCUT2D eigenvalue weighted by molar-refractivity contribution is -0.118. The minimum absolute atomic E-state index is 0.00352. The first-order chi connectivity index (χ1) is 12.7. The van der Waals surface area contributed by atoms with E-state index in [-0.39, 0.29) is 17.4 Å². The van der Waals surface area contributed by atoms with Crippen molar-refractivity contribution >= 4 is 45.4 Å². The van der Waals surface area contributed by atoms with Crippen LogP contribution in [0.1, 0.15) is 12.5 Å². The van der Waals surface area contributed by atoms with E-state index in [0.29, 0.717) is 17.9 Å². The highest BCUT2D eigenvalue weighted by Crippen LogP contribution is 2.29. The highest BCUT2D eigenvalue weighted by atomic mass is 32.2. The van der Waals surface area contributed by atoms with E-state index in [2.05, 4.69) is 15.5 Å². The molecule has 0 aliphatic carbocycles. The molecule has 1 amide bonds. The molecular weight excluding hydrogens is 370 g/mol. The number of nitrogens with zero attached hydrogens (tertiary/aromatic N) is 2. The standard InChI is InChI=1S/C18H17N3O3S2/c1-2-24-14-8-5-6-12(17(14)23)10-19-21-16(22)11-25-18-20-13-7-3-4-9-15(13)26-18/h3-10,23H,2,11H2,1H3,(H,21,22). The molecule has 3 aromatic rings. The summed E-state index contributed by atoms with van der Waals surface area (Å²) in [4.78, 5) is 16.4. The molecule has 0 aliphatic rings. The number of hydrogen-bond donors (Lipinski definition) is 2. The lowest BCUT2D eigenvalue weighted by Gasteiger charge is -2.07. The maximum atomic E-state index is 11.9. The van der Waals surface area contributed by atoms with E-state index in [0.717, 1.165) is 14.6 Å². The number of hydrogen-bond acceptors (Lipinski definition) is 7. The molecule has 0 fully saturated rings. The summed E-state index contributed by atoms with van der Waals surface area (Å²) in [6, 6.07) is 13.0. The predicted octanol–water partition coefficient (Wildman–Crippen LogP) is 3.64. The summed E-state index contributed by atoms with van der Waals surface area (Å²) in [5, 5.41) is 14.0. The highest BCUT2D eigenvalue weighted by molar-refractivity contribution is 8.01. The third-order valence-corrected chi connectivity index (χ3v) is 5.50. The molecule has 3 rings (SSSR count). The Morgan fingerprint density at radius 3 is 3.00 bits per heavy atom. The Hall–Kier alpha value is -2.58. The molecule has 8 heteroatoms. The quantitative estimate of drug-likeness (QED) is 0.367. The van der Waals surface area contributed by atoms with Crippen molar-refractivity contribution in [1.29, 1.82) is 0 Å². The third-order valence-electron chi connectivity index (χ3n) is 3.32. The van der Waals surface area contributed by atoms with Crippen LogP contribution in [0.3, 0.4) is 0 Å². The van der Waals surface area contributed by atoms with Crippen LogP contribution in [0.4, 0.5) is 0 Å². The van der Waals surface area contributed by atoms with Gasteiger partial charge in [0.2, 0.25) is 0 Å². The molecular formula is C18H17N3O3S2. The molecule has 0 aliphatic heterocycles. The number of phenols is 1. The molecule has 0 spiro atoms. The predicted molar refractivity (Wildman–Crippen MR) is 105 cm³/mol. The van der Waals surface area contributed by atoms with E-state index in [1.54, 1.807) is 29.5 Å². The van der Waals surface area contributed by atoms with Gasteiger partial charge in [-0.2, -0.15) is 5.10 Å². The van der Waals surface area contributed by atoms with E-state index in [4.69, 9.17) is 4.74 Å². The van der Waals surface area contributed by atoms with Crippen LogP contribution >= 0.6 is 23.1 Å². The van der Waals surface area contributed by atoms with E-state index in [1.165, 1.54) is 18.0 Å². The summed E-state index contributed by atoms with van der Waals surface area (Å²) >= 11 is 2.92. The summed E-state index contributed by atoms with van der Waals surface area (Å²) in [6.45, 7) is 2.29. The van der Waals surface area contributed by atoms with Gasteiger partial charge in [-0.3, -0.25) is 4.79 Å². The number of ether oxygens (including phenoxy) is 1. The normalized spacial score (nSPS) is 11.1. The number of nitrogens with one attached hydrogen (secondary N) is 1. The highest BCUT2D eigenvalue weighted by Gasteiger charge is 2.08. The van der Waals surface area contributed by atoms with Gasteiger partial charge in [0.1, 0.15) is 0 Å². The molecule has 6 nitrogen and oxygen atoms in total. The van der Waals surface area contributed by atoms with Gasteiger partial charge in [-0.15, -0.1) is 11.3 Å². The van der Waals surface area contributed by atoms with Crippen molar-refractivity contribution in [2.24, 2.45) is 5.10 Å². The number of hydrazone groups is 1. The van der Waals surface area contributed by atoms with Crippen LogP contribution < -0.4 is 10.2 Å². The molecule has 0 saturated heterocycles. The number of rotatable bonds is 7. The summed E-state index contributed by atoms with van der Waals surface area (Å²) in [5.74, 6) is 0.346. The molecule has 2 N–H and O–H groups in total. The first-order valence-corrected chi connectivity index (χ1v) is 9.72. The van der Waals surface area contributed by atoms with Gasteiger partial charge in [-0.05, 0) is 31.2 Å². The van der Waals surface area contributed by atoms with Crippen molar-refractivity contribution in [3.63, 3.8) is 0 Å². The van der Waals surface area contributed by atoms with Crippen LogP contribution in [0, 0.1) is 0 Å². The van der Waals surface area contributed by atoms with E-state index < -0.39 is 0 Å². The zero-order chi connectivity index (χ0) is 18.4. The van der Waals surface area contributed by atoms with Gasteiger partial charge in [-0.25, -0.2) is 10.4 Å². The number of phenolic OH excluding ortho intramolecular Hbond substituents is 1.